The first-order valence-corrected chi connectivity index (χ1v) is 9.75. The van der Waals surface area contributed by atoms with Crippen LogP contribution in [0.25, 0.3) is 5.65 Å². The molecule has 10 nitrogen and oxygen atoms in total. The number of carboxylic acid groups (broad SMARTS) is 1. The van der Waals surface area contributed by atoms with Gasteiger partial charge in [0, 0.05) is 36.9 Å². The number of anilines is 4. The second kappa shape index (κ2) is 6.41. The molecule has 2 aliphatic rings. The Balaban J connectivity index is 1.43. The minimum Gasteiger partial charge on any atom is -0.481 e. The van der Waals surface area contributed by atoms with Crippen molar-refractivity contribution in [2.75, 3.05) is 28.6 Å². The molecule has 0 bridgehead atoms. The average Bonchev–Trinajstić information content (AvgIpc) is 3.38. The van der Waals surface area contributed by atoms with E-state index < -0.39 is 17.3 Å². The lowest BCUT2D eigenvalue weighted by Crippen LogP contribution is -2.26. The monoisotopic (exact) mass is 407 g/mol. The lowest BCUT2D eigenvalue weighted by Gasteiger charge is -2.16. The maximum Gasteiger partial charge on any atom is 0.308 e. The lowest BCUT2D eigenvalue weighted by molar-refractivity contribution is -0.140. The van der Waals surface area contributed by atoms with Gasteiger partial charge in [-0.05, 0) is 38.0 Å². The smallest absolute Gasteiger partial charge is 0.308 e. The summed E-state index contributed by atoms with van der Waals surface area (Å²) in [5.41, 5.74) is 2.48. The zero-order valence-corrected chi connectivity index (χ0v) is 16.6. The third kappa shape index (κ3) is 2.83. The molecule has 0 saturated carbocycles. The van der Waals surface area contributed by atoms with Crippen LogP contribution in [-0.4, -0.2) is 49.7 Å². The molecule has 0 aliphatic carbocycles. The summed E-state index contributed by atoms with van der Waals surface area (Å²) in [7, 11) is 0. The van der Waals surface area contributed by atoms with Gasteiger partial charge in [0.25, 0.3) is 0 Å². The van der Waals surface area contributed by atoms with E-state index in [4.69, 9.17) is 0 Å². The van der Waals surface area contributed by atoms with Gasteiger partial charge in [-0.1, -0.05) is 6.07 Å². The number of fused-ring (bicyclic) bond motifs is 2. The van der Waals surface area contributed by atoms with E-state index in [0.717, 1.165) is 16.9 Å². The fourth-order valence-electron chi connectivity index (χ4n) is 4.04. The van der Waals surface area contributed by atoms with Crippen LogP contribution in [0, 0.1) is 5.92 Å². The fourth-order valence-corrected chi connectivity index (χ4v) is 4.04. The van der Waals surface area contributed by atoms with E-state index in [2.05, 4.69) is 25.7 Å². The van der Waals surface area contributed by atoms with Crippen LogP contribution in [0.4, 0.5) is 23.1 Å². The molecule has 1 fully saturated rings. The number of nitrogens with zero attached hydrogens (tertiary/aromatic N) is 5. The first-order chi connectivity index (χ1) is 14.3. The van der Waals surface area contributed by atoms with Gasteiger partial charge in [0.15, 0.2) is 11.5 Å². The molecular weight excluding hydrogens is 386 g/mol. The quantitative estimate of drug-likeness (QED) is 0.600. The topological polar surface area (TPSA) is 125 Å². The zero-order chi connectivity index (χ0) is 21.0. The van der Waals surface area contributed by atoms with Crippen LogP contribution < -0.4 is 15.5 Å². The van der Waals surface area contributed by atoms with Gasteiger partial charge in [-0.2, -0.15) is 4.98 Å². The number of amides is 1. The molecule has 5 rings (SSSR count). The van der Waals surface area contributed by atoms with Crippen LogP contribution in [0.15, 0.2) is 30.6 Å². The van der Waals surface area contributed by atoms with Crippen LogP contribution in [-0.2, 0) is 15.0 Å². The number of benzene rings is 1. The Kier molecular flexibility index (Phi) is 3.92. The largest absolute Gasteiger partial charge is 0.481 e. The van der Waals surface area contributed by atoms with Crippen molar-refractivity contribution in [1.29, 1.82) is 0 Å². The van der Waals surface area contributed by atoms with Crippen LogP contribution >= 0.6 is 0 Å². The van der Waals surface area contributed by atoms with Gasteiger partial charge in [-0.25, -0.2) is 9.50 Å². The van der Waals surface area contributed by atoms with Crippen LogP contribution in [0.1, 0.15) is 25.8 Å². The van der Waals surface area contributed by atoms with Gasteiger partial charge in [0.1, 0.15) is 0 Å². The molecule has 4 heterocycles. The number of hydrogen-bond acceptors (Lipinski definition) is 7. The van der Waals surface area contributed by atoms with Crippen molar-refractivity contribution in [3.05, 3.63) is 36.2 Å². The Morgan fingerprint density at radius 2 is 2.20 bits per heavy atom. The summed E-state index contributed by atoms with van der Waals surface area (Å²) in [5.74, 6) is -0.216. The Hall–Kier alpha value is -3.69. The number of aliphatic carboxylic acids is 1. The molecule has 10 heteroatoms. The normalized spacial score (nSPS) is 19.7. The Morgan fingerprint density at radius 1 is 1.37 bits per heavy atom. The molecule has 2 aromatic heterocycles. The van der Waals surface area contributed by atoms with Crippen molar-refractivity contribution in [1.82, 2.24) is 19.6 Å². The third-order valence-corrected chi connectivity index (χ3v) is 5.84. The summed E-state index contributed by atoms with van der Waals surface area (Å²) in [6.45, 7) is 4.80. The van der Waals surface area contributed by atoms with Crippen LogP contribution in [0.3, 0.4) is 0 Å². The average molecular weight is 407 g/mol. The standard InChI is InChI=1S/C20H21N7O3/c1-20(2)13-4-3-12(9-14(13)23-18(20)30)22-19-24-16-15(21-6-8-27(16)25-19)26-7-5-11(10-26)17(28)29/h3-4,6,8-9,11H,5,7,10H2,1-2H3,(H,22,25)(H,23,30)(H,28,29). The van der Waals surface area contributed by atoms with Gasteiger partial charge in [-0.3, -0.25) is 9.59 Å². The highest BCUT2D eigenvalue weighted by atomic mass is 16.4. The minimum atomic E-state index is -0.792. The molecule has 154 valence electrons. The number of rotatable bonds is 4. The maximum atomic E-state index is 12.2. The highest BCUT2D eigenvalue weighted by Crippen LogP contribution is 2.39. The minimum absolute atomic E-state index is 0.0264. The van der Waals surface area contributed by atoms with E-state index in [-0.39, 0.29) is 5.91 Å². The van der Waals surface area contributed by atoms with E-state index in [1.165, 1.54) is 0 Å². The van der Waals surface area contributed by atoms with Gasteiger partial charge >= 0.3 is 5.97 Å². The predicted octanol–water partition coefficient (Wildman–Crippen LogP) is 2.01. The van der Waals surface area contributed by atoms with E-state index in [9.17, 15) is 14.7 Å². The molecule has 1 saturated heterocycles. The van der Waals surface area contributed by atoms with Crippen molar-refractivity contribution in [3.63, 3.8) is 0 Å². The molecule has 30 heavy (non-hydrogen) atoms. The fraction of sp³-hybridized carbons (Fsp3) is 0.350. The number of nitrogens with one attached hydrogen (secondary N) is 2. The van der Waals surface area contributed by atoms with Crippen molar-refractivity contribution < 1.29 is 14.7 Å². The third-order valence-electron chi connectivity index (χ3n) is 5.84. The van der Waals surface area contributed by atoms with Crippen LogP contribution in [0.2, 0.25) is 0 Å². The highest BCUT2D eigenvalue weighted by molar-refractivity contribution is 6.06. The van der Waals surface area contributed by atoms with Crippen molar-refractivity contribution in [2.24, 2.45) is 5.92 Å². The van der Waals surface area contributed by atoms with E-state index in [0.29, 0.717) is 36.9 Å². The summed E-state index contributed by atoms with van der Waals surface area (Å²) >= 11 is 0. The molecule has 2 aliphatic heterocycles. The van der Waals surface area contributed by atoms with Gasteiger partial charge < -0.3 is 20.6 Å². The highest BCUT2D eigenvalue weighted by Gasteiger charge is 2.38. The zero-order valence-electron chi connectivity index (χ0n) is 16.6. The lowest BCUT2D eigenvalue weighted by atomic mass is 9.86. The second-order valence-corrected chi connectivity index (χ2v) is 8.19. The van der Waals surface area contributed by atoms with Gasteiger partial charge in [0.05, 0.1) is 11.3 Å². The number of hydrogen-bond donors (Lipinski definition) is 3. The van der Waals surface area contributed by atoms with Crippen molar-refractivity contribution in [3.8, 4) is 0 Å². The number of carboxylic acids is 1. The SMILES string of the molecule is CC1(C)C(=O)Nc2cc(Nc3nc4c(N5CCC(C(=O)O)C5)nccn4n3)ccc21. The van der Waals surface area contributed by atoms with E-state index in [1.807, 2.05) is 36.9 Å². The number of carbonyl (C=O) groups excluding carboxylic acids is 1. The Labute approximate surface area is 171 Å². The Morgan fingerprint density at radius 3 is 2.97 bits per heavy atom. The van der Waals surface area contributed by atoms with E-state index in [1.54, 1.807) is 16.9 Å². The summed E-state index contributed by atoms with van der Waals surface area (Å²) in [5, 5.41) is 19.8. The number of aromatic nitrogens is 4. The summed E-state index contributed by atoms with van der Waals surface area (Å²) in [6.07, 6.45) is 3.91. The van der Waals surface area contributed by atoms with Crippen LogP contribution in [0.5, 0.6) is 0 Å². The molecule has 1 aromatic carbocycles. The molecule has 1 unspecified atom stereocenters. The first-order valence-electron chi connectivity index (χ1n) is 9.75. The molecule has 3 aromatic rings. The first kappa shape index (κ1) is 18.3. The van der Waals surface area contributed by atoms with Gasteiger partial charge in [-0.15, -0.1) is 5.10 Å². The summed E-state index contributed by atoms with van der Waals surface area (Å²) in [6, 6.07) is 5.68. The predicted molar refractivity (Wildman–Crippen MR) is 110 cm³/mol. The van der Waals surface area contributed by atoms with E-state index >= 15 is 0 Å². The molecule has 3 N–H and O–H groups in total. The molecule has 1 atom stereocenters. The van der Waals surface area contributed by atoms with Gasteiger partial charge in [0.2, 0.25) is 11.9 Å². The van der Waals surface area contributed by atoms with Crippen molar-refractivity contribution in [2.45, 2.75) is 25.7 Å². The second-order valence-electron chi connectivity index (χ2n) is 8.19. The summed E-state index contributed by atoms with van der Waals surface area (Å²) < 4.78 is 1.62. The maximum absolute atomic E-state index is 12.2. The Bertz CT molecular complexity index is 1190. The van der Waals surface area contributed by atoms with Crippen molar-refractivity contribution >= 4 is 40.7 Å². The molecule has 0 radical (unpaired) electrons. The molecule has 0 spiro atoms. The molecule has 1 amide bonds. The number of carbonyl (C=O) groups is 2. The molecular formula is C20H21N7O3. The summed E-state index contributed by atoms with van der Waals surface area (Å²) in [4.78, 5) is 34.3.